The first-order valence-electron chi connectivity index (χ1n) is 17.8. The Hall–Kier alpha value is -2.10. The Morgan fingerprint density at radius 1 is 0.735 bits per heavy atom. The van der Waals surface area contributed by atoms with Gasteiger partial charge in [0.15, 0.2) is 0 Å². The third-order valence-electron chi connectivity index (χ3n) is 9.86. The first kappa shape index (κ1) is 41.3. The maximum atomic E-state index is 12.2. The number of amides is 2. The van der Waals surface area contributed by atoms with E-state index in [0.29, 0.717) is 5.41 Å². The van der Waals surface area contributed by atoms with E-state index in [2.05, 4.69) is 108 Å². The minimum atomic E-state index is -0.438. The number of likely N-dealkylation sites (tertiary alicyclic amines) is 2. The van der Waals surface area contributed by atoms with Crippen LogP contribution in [-0.4, -0.2) is 76.9 Å². The maximum absolute atomic E-state index is 12.2. The van der Waals surface area contributed by atoms with Crippen LogP contribution in [0.1, 0.15) is 110 Å². The minimum absolute atomic E-state index is 0.0861. The number of rotatable bonds is 6. The van der Waals surface area contributed by atoms with E-state index in [1.54, 1.807) is 0 Å². The van der Waals surface area contributed by atoms with Gasteiger partial charge in [-0.1, -0.05) is 63.0 Å². The van der Waals surface area contributed by atoms with Gasteiger partial charge in [-0.05, 0) is 148 Å². The highest BCUT2D eigenvalue weighted by atomic mass is 79.9. The molecule has 274 valence electrons. The zero-order chi connectivity index (χ0) is 36.8. The Bertz CT molecular complexity index is 1420. The smallest absolute Gasteiger partial charge is 0.410 e. The van der Waals surface area contributed by atoms with E-state index in [1.807, 2.05) is 51.3 Å². The number of hydrogen-bond acceptors (Lipinski definition) is 5. The summed E-state index contributed by atoms with van der Waals surface area (Å²) in [6.07, 6.45) is 5.83. The molecular formula is C40H61Br2N3O4. The molecule has 0 unspecified atom stereocenters. The van der Waals surface area contributed by atoms with Crippen LogP contribution in [0.4, 0.5) is 9.59 Å². The summed E-state index contributed by atoms with van der Waals surface area (Å²) < 4.78 is 13.3. The molecular weight excluding hydrogens is 746 g/mol. The lowest BCUT2D eigenvalue weighted by molar-refractivity contribution is 0.00158. The molecule has 0 atom stereocenters. The average molecular weight is 808 g/mol. The fraction of sp³-hybridized carbons (Fsp3) is 0.650. The van der Waals surface area contributed by atoms with Gasteiger partial charge in [0.1, 0.15) is 11.2 Å². The predicted molar refractivity (Wildman–Crippen MR) is 208 cm³/mol. The summed E-state index contributed by atoms with van der Waals surface area (Å²) in [6, 6.07) is 13.1. The fourth-order valence-corrected chi connectivity index (χ4v) is 7.51. The van der Waals surface area contributed by atoms with Crippen LogP contribution in [-0.2, 0) is 22.4 Å². The van der Waals surface area contributed by atoms with E-state index in [4.69, 9.17) is 9.47 Å². The molecule has 0 radical (unpaired) electrons. The summed E-state index contributed by atoms with van der Waals surface area (Å²) in [4.78, 5) is 30.5. The van der Waals surface area contributed by atoms with Crippen molar-refractivity contribution in [2.75, 3.05) is 33.2 Å². The molecule has 9 heteroatoms. The van der Waals surface area contributed by atoms with Gasteiger partial charge in [0, 0.05) is 47.2 Å². The molecule has 0 aliphatic carbocycles. The molecule has 49 heavy (non-hydrogen) atoms. The molecule has 0 bridgehead atoms. The van der Waals surface area contributed by atoms with Crippen molar-refractivity contribution >= 4 is 44.0 Å². The molecule has 2 heterocycles. The van der Waals surface area contributed by atoms with E-state index >= 15 is 0 Å². The molecule has 2 aliphatic heterocycles. The summed E-state index contributed by atoms with van der Waals surface area (Å²) in [6.45, 7) is 24.3. The van der Waals surface area contributed by atoms with Gasteiger partial charge in [-0.25, -0.2) is 9.59 Å². The van der Waals surface area contributed by atoms with E-state index in [9.17, 15) is 9.59 Å². The number of halogens is 2. The van der Waals surface area contributed by atoms with Gasteiger partial charge in [0.2, 0.25) is 0 Å². The molecule has 7 nitrogen and oxygen atoms in total. The second-order valence-corrected chi connectivity index (χ2v) is 18.5. The second kappa shape index (κ2) is 16.9. The van der Waals surface area contributed by atoms with Crippen LogP contribution in [0.25, 0.3) is 0 Å². The number of hydrogen-bond donors (Lipinski definition) is 0. The Labute approximate surface area is 313 Å². The quantitative estimate of drug-likeness (QED) is 0.291. The van der Waals surface area contributed by atoms with E-state index in [-0.39, 0.29) is 17.7 Å². The second-order valence-electron chi connectivity index (χ2n) is 16.8. The lowest BCUT2D eigenvalue weighted by Gasteiger charge is -2.45. The monoisotopic (exact) mass is 805 g/mol. The zero-order valence-corrected chi connectivity index (χ0v) is 35.1. The van der Waals surface area contributed by atoms with E-state index in [1.165, 1.54) is 26.7 Å². The predicted octanol–water partition coefficient (Wildman–Crippen LogP) is 10.7. The molecule has 2 saturated heterocycles. The molecule has 2 amide bonds. The first-order valence-corrected chi connectivity index (χ1v) is 19.3. The van der Waals surface area contributed by atoms with Gasteiger partial charge >= 0.3 is 12.2 Å². The van der Waals surface area contributed by atoms with Crippen molar-refractivity contribution in [3.8, 4) is 0 Å². The highest BCUT2D eigenvalue weighted by Crippen LogP contribution is 2.37. The number of carbonyl (C=O) groups is 2. The molecule has 4 rings (SSSR count). The number of carbonyl (C=O) groups excluding carboxylic acids is 2. The van der Waals surface area contributed by atoms with Crippen molar-refractivity contribution in [1.82, 2.24) is 14.7 Å². The standard InChI is InChI=1S/C20H31BrN2O2.C20H30BrNO2/c1-15-7-8-16(17(21)13-15)14-22(6)20(5)9-11-23(12-10-20)18(24)25-19(2,3)4;1-15-6-7-16(17(21)14-15)8-9-20(5)10-12-22(13-11-20)18(23)24-19(2,3)4/h7-8,13H,9-12,14H2,1-6H3;6-7,14H,8-13H2,1-5H3. The molecule has 0 aromatic heterocycles. The van der Waals surface area contributed by atoms with Crippen molar-refractivity contribution in [3.05, 3.63) is 67.6 Å². The van der Waals surface area contributed by atoms with Gasteiger partial charge in [0.25, 0.3) is 0 Å². The zero-order valence-electron chi connectivity index (χ0n) is 32.0. The van der Waals surface area contributed by atoms with Gasteiger partial charge in [0.05, 0.1) is 0 Å². The van der Waals surface area contributed by atoms with E-state index < -0.39 is 11.2 Å². The molecule has 0 spiro atoms. The Morgan fingerprint density at radius 3 is 1.55 bits per heavy atom. The van der Waals surface area contributed by atoms with Crippen molar-refractivity contribution < 1.29 is 19.1 Å². The van der Waals surface area contributed by atoms with Crippen molar-refractivity contribution in [2.45, 2.75) is 131 Å². The van der Waals surface area contributed by atoms with Crippen LogP contribution in [0, 0.1) is 19.3 Å². The van der Waals surface area contributed by atoms with Crippen molar-refractivity contribution in [2.24, 2.45) is 5.41 Å². The molecule has 0 saturated carbocycles. The van der Waals surface area contributed by atoms with E-state index in [0.717, 1.165) is 75.7 Å². The molecule has 0 N–H and O–H groups in total. The summed E-state index contributed by atoms with van der Waals surface area (Å²) in [5.74, 6) is 0. The molecule has 2 fully saturated rings. The highest BCUT2D eigenvalue weighted by molar-refractivity contribution is 9.10. The Kier molecular flexibility index (Phi) is 14.3. The Balaban J connectivity index is 0.000000266. The van der Waals surface area contributed by atoms with Crippen LogP contribution in [0.5, 0.6) is 0 Å². The number of piperidine rings is 2. The van der Waals surface area contributed by atoms with Gasteiger partial charge in [-0.15, -0.1) is 0 Å². The minimum Gasteiger partial charge on any atom is -0.444 e. The fourth-order valence-electron chi connectivity index (χ4n) is 6.20. The normalized spacial score (nSPS) is 17.7. The Morgan fingerprint density at radius 2 is 1.14 bits per heavy atom. The number of ether oxygens (including phenoxy) is 2. The highest BCUT2D eigenvalue weighted by Gasteiger charge is 2.37. The number of benzene rings is 2. The summed E-state index contributed by atoms with van der Waals surface area (Å²) in [7, 11) is 2.18. The number of nitrogens with zero attached hydrogens (tertiary/aromatic N) is 3. The van der Waals surface area contributed by atoms with Crippen LogP contribution < -0.4 is 0 Å². The van der Waals surface area contributed by atoms with Crippen LogP contribution in [0.2, 0.25) is 0 Å². The third kappa shape index (κ3) is 13.2. The first-order chi connectivity index (χ1) is 22.6. The molecule has 2 aromatic carbocycles. The largest absolute Gasteiger partial charge is 0.444 e. The van der Waals surface area contributed by atoms with Crippen molar-refractivity contribution in [1.29, 1.82) is 0 Å². The van der Waals surface area contributed by atoms with Gasteiger partial charge < -0.3 is 19.3 Å². The number of aryl methyl sites for hydroxylation is 3. The van der Waals surface area contributed by atoms with Gasteiger partial charge in [-0.3, -0.25) is 4.90 Å². The lowest BCUT2D eigenvalue weighted by Crippen LogP contribution is -2.53. The summed E-state index contributed by atoms with van der Waals surface area (Å²) in [5, 5.41) is 0. The average Bonchev–Trinajstić information content (AvgIpc) is 2.97. The molecule has 2 aromatic rings. The summed E-state index contributed by atoms with van der Waals surface area (Å²) >= 11 is 7.35. The van der Waals surface area contributed by atoms with Crippen LogP contribution in [0.3, 0.4) is 0 Å². The third-order valence-corrected chi connectivity index (χ3v) is 11.3. The van der Waals surface area contributed by atoms with Crippen LogP contribution in [0.15, 0.2) is 45.3 Å². The van der Waals surface area contributed by atoms with Crippen LogP contribution >= 0.6 is 31.9 Å². The summed E-state index contributed by atoms with van der Waals surface area (Å²) in [5.41, 5.74) is 4.73. The van der Waals surface area contributed by atoms with Gasteiger partial charge in [-0.2, -0.15) is 0 Å². The molecule has 2 aliphatic rings. The topological polar surface area (TPSA) is 62.3 Å². The maximum Gasteiger partial charge on any atom is 0.410 e. The SMILES string of the molecule is Cc1ccc(CCC2(C)CCN(C(=O)OC(C)(C)C)CC2)c(Br)c1.Cc1ccc(CN(C)C2(C)CCN(C(=O)OC(C)(C)C)CC2)c(Br)c1. The van der Waals surface area contributed by atoms with Crippen molar-refractivity contribution in [3.63, 3.8) is 0 Å². The lowest BCUT2D eigenvalue weighted by atomic mass is 9.76.